The maximum atomic E-state index is 12.0. The first-order chi connectivity index (χ1) is 14.3. The Morgan fingerprint density at radius 3 is 2.77 bits per heavy atom. The fraction of sp³-hybridized carbons (Fsp3) is 0.400. The minimum absolute atomic E-state index is 0.0615. The fourth-order valence-electron chi connectivity index (χ4n) is 3.69. The molecule has 1 fully saturated rings. The molecular weight excluding hydrogens is 394 g/mol. The summed E-state index contributed by atoms with van der Waals surface area (Å²) in [5.74, 6) is -3.07. The average Bonchev–Trinajstić information content (AvgIpc) is 2.73. The van der Waals surface area contributed by atoms with Gasteiger partial charge in [0.25, 0.3) is 0 Å². The molecule has 2 heterocycles. The number of hydrogen-bond donors (Lipinski definition) is 3. The van der Waals surface area contributed by atoms with E-state index in [2.05, 4.69) is 4.98 Å². The number of fused-ring (bicyclic) bond motifs is 1. The number of carboxylic acid groups (broad SMARTS) is 1. The van der Waals surface area contributed by atoms with Crippen molar-refractivity contribution in [3.05, 3.63) is 36.0 Å². The molecular formula is C20H23N3O7. The number of rotatable bonds is 6. The van der Waals surface area contributed by atoms with Crippen molar-refractivity contribution in [2.45, 2.75) is 31.1 Å². The second-order valence-corrected chi connectivity index (χ2v) is 7.07. The molecule has 3 rings (SSSR count). The molecule has 1 aliphatic heterocycles. The highest BCUT2D eigenvalue weighted by atomic mass is 16.6. The maximum Gasteiger partial charge on any atom is 0.417 e. The zero-order valence-electron chi connectivity index (χ0n) is 16.4. The maximum absolute atomic E-state index is 12.0. The third-order valence-electron chi connectivity index (χ3n) is 5.19. The number of aliphatic hydroxyl groups excluding tert-OH is 1. The van der Waals surface area contributed by atoms with Crippen LogP contribution in [-0.2, 0) is 19.1 Å². The van der Waals surface area contributed by atoms with Crippen LogP contribution in [-0.4, -0.2) is 70.3 Å². The number of β-amino-alcohol motifs (C(OH)–C–C–N with tert-alkyl or cyclic N) is 1. The van der Waals surface area contributed by atoms with E-state index in [1.807, 2.05) is 0 Å². The van der Waals surface area contributed by atoms with Gasteiger partial charge in [-0.05, 0) is 36.2 Å². The molecule has 160 valence electrons. The van der Waals surface area contributed by atoms with Crippen molar-refractivity contribution in [2.24, 2.45) is 5.73 Å². The first-order valence-corrected chi connectivity index (χ1v) is 9.38. The summed E-state index contributed by atoms with van der Waals surface area (Å²) in [4.78, 5) is 39.9. The number of nitrogens with zero attached hydrogens (tertiary/aromatic N) is 2. The minimum atomic E-state index is -1.69. The quantitative estimate of drug-likeness (QED) is 0.443. The van der Waals surface area contributed by atoms with E-state index in [-0.39, 0.29) is 13.0 Å². The van der Waals surface area contributed by atoms with E-state index in [9.17, 15) is 19.5 Å². The van der Waals surface area contributed by atoms with Crippen LogP contribution in [0.4, 0.5) is 0 Å². The second-order valence-electron chi connectivity index (χ2n) is 7.07. The van der Waals surface area contributed by atoms with Crippen molar-refractivity contribution < 1.29 is 34.1 Å². The molecule has 1 aliphatic rings. The van der Waals surface area contributed by atoms with Gasteiger partial charge in [0.05, 0.1) is 24.8 Å². The SMILES string of the molecule is COc1ccc2nccc([C@@H](O)CN3CCC(OC(=O)C(=O)O)CC3C(N)=O)c2c1. The molecule has 1 amide bonds. The number of benzene rings is 1. The Bertz CT molecular complexity index is 965. The summed E-state index contributed by atoms with van der Waals surface area (Å²) in [7, 11) is 1.55. The van der Waals surface area contributed by atoms with Crippen LogP contribution in [0.2, 0.25) is 0 Å². The monoisotopic (exact) mass is 417 g/mol. The second kappa shape index (κ2) is 9.06. The van der Waals surface area contributed by atoms with Crippen LogP contribution in [0, 0.1) is 0 Å². The average molecular weight is 417 g/mol. The first-order valence-electron chi connectivity index (χ1n) is 9.38. The van der Waals surface area contributed by atoms with Gasteiger partial charge in [-0.15, -0.1) is 0 Å². The minimum Gasteiger partial charge on any atom is -0.497 e. The molecule has 4 N–H and O–H groups in total. The van der Waals surface area contributed by atoms with Crippen LogP contribution >= 0.6 is 0 Å². The van der Waals surface area contributed by atoms with Gasteiger partial charge < -0.3 is 25.4 Å². The van der Waals surface area contributed by atoms with Crippen LogP contribution in [0.1, 0.15) is 24.5 Å². The highest BCUT2D eigenvalue weighted by molar-refractivity contribution is 6.28. The number of likely N-dealkylation sites (tertiary alicyclic amines) is 1. The lowest BCUT2D eigenvalue weighted by Crippen LogP contribution is -2.53. The number of methoxy groups -OCH3 is 1. The van der Waals surface area contributed by atoms with Gasteiger partial charge in [-0.25, -0.2) is 9.59 Å². The number of amides is 1. The van der Waals surface area contributed by atoms with Gasteiger partial charge in [-0.3, -0.25) is 14.7 Å². The van der Waals surface area contributed by atoms with Crippen LogP contribution in [0.15, 0.2) is 30.5 Å². The van der Waals surface area contributed by atoms with Crippen LogP contribution < -0.4 is 10.5 Å². The lowest BCUT2D eigenvalue weighted by molar-refractivity contribution is -0.170. The van der Waals surface area contributed by atoms with Crippen LogP contribution in [0.5, 0.6) is 5.75 Å². The number of carbonyl (C=O) groups excluding carboxylic acids is 2. The van der Waals surface area contributed by atoms with E-state index < -0.39 is 36.1 Å². The third kappa shape index (κ3) is 4.66. The number of hydrogen-bond acceptors (Lipinski definition) is 8. The lowest BCUT2D eigenvalue weighted by Gasteiger charge is -2.38. The Balaban J connectivity index is 1.77. The van der Waals surface area contributed by atoms with E-state index in [4.69, 9.17) is 20.3 Å². The summed E-state index contributed by atoms with van der Waals surface area (Å²) >= 11 is 0. The van der Waals surface area contributed by atoms with E-state index in [1.54, 1.807) is 42.5 Å². The van der Waals surface area contributed by atoms with E-state index in [1.165, 1.54) is 0 Å². The smallest absolute Gasteiger partial charge is 0.417 e. The van der Waals surface area contributed by atoms with Crippen molar-refractivity contribution in [1.82, 2.24) is 9.88 Å². The molecule has 30 heavy (non-hydrogen) atoms. The largest absolute Gasteiger partial charge is 0.497 e. The Hall–Kier alpha value is -3.24. The highest BCUT2D eigenvalue weighted by Gasteiger charge is 2.36. The summed E-state index contributed by atoms with van der Waals surface area (Å²) in [5, 5.41) is 20.3. The summed E-state index contributed by atoms with van der Waals surface area (Å²) in [6.07, 6.45) is 0.302. The van der Waals surface area contributed by atoms with Crippen LogP contribution in [0.25, 0.3) is 10.9 Å². The number of primary amides is 1. The molecule has 0 aliphatic carbocycles. The molecule has 10 heteroatoms. The molecule has 2 unspecified atom stereocenters. The van der Waals surface area contributed by atoms with Crippen molar-refractivity contribution in [3.63, 3.8) is 0 Å². The van der Waals surface area contributed by atoms with Gasteiger partial charge in [-0.2, -0.15) is 0 Å². The molecule has 1 saturated heterocycles. The molecule has 0 bridgehead atoms. The van der Waals surface area contributed by atoms with E-state index in [0.717, 1.165) is 5.39 Å². The van der Waals surface area contributed by atoms with Gasteiger partial charge in [-0.1, -0.05) is 0 Å². The van der Waals surface area contributed by atoms with Crippen LogP contribution in [0.3, 0.4) is 0 Å². The molecule has 0 spiro atoms. The molecule has 0 saturated carbocycles. The number of aromatic nitrogens is 1. The number of piperidine rings is 1. The lowest BCUT2D eigenvalue weighted by atomic mass is 9.96. The Kier molecular flexibility index (Phi) is 6.48. The molecule has 1 aromatic heterocycles. The molecule has 1 aromatic carbocycles. The summed E-state index contributed by atoms with van der Waals surface area (Å²) in [6, 6.07) is 6.25. The van der Waals surface area contributed by atoms with Crippen molar-refractivity contribution in [2.75, 3.05) is 20.2 Å². The zero-order valence-corrected chi connectivity index (χ0v) is 16.4. The first kappa shape index (κ1) is 21.5. The summed E-state index contributed by atoms with van der Waals surface area (Å²) in [6.45, 7) is 0.415. The van der Waals surface area contributed by atoms with Crippen molar-refractivity contribution in [3.8, 4) is 5.75 Å². The van der Waals surface area contributed by atoms with Crippen molar-refractivity contribution >= 4 is 28.7 Å². The summed E-state index contributed by atoms with van der Waals surface area (Å²) in [5.41, 5.74) is 6.83. The number of carboxylic acids is 1. The van der Waals surface area contributed by atoms with E-state index >= 15 is 0 Å². The summed E-state index contributed by atoms with van der Waals surface area (Å²) < 4.78 is 10.1. The number of esters is 1. The Labute approximate surface area is 172 Å². The Morgan fingerprint density at radius 2 is 2.10 bits per heavy atom. The normalized spacial score (nSPS) is 20.5. The number of ether oxygens (including phenoxy) is 2. The third-order valence-corrected chi connectivity index (χ3v) is 5.19. The topological polar surface area (TPSA) is 152 Å². The fourth-order valence-corrected chi connectivity index (χ4v) is 3.69. The predicted octanol–water partition coefficient (Wildman–Crippen LogP) is 0.223. The molecule has 2 aromatic rings. The standard InChI is InChI=1S/C20H23N3O7/c1-29-11-2-3-15-14(8-11)13(4-6-22-15)17(24)10-23-7-5-12(9-16(23)18(21)25)30-20(28)19(26)27/h2-4,6,8,12,16-17,24H,5,7,9-10H2,1H3,(H2,21,25)(H,26,27)/t12?,16?,17-/m0/s1. The number of nitrogens with two attached hydrogens (primary N) is 1. The van der Waals surface area contributed by atoms with Gasteiger partial charge in [0, 0.05) is 31.1 Å². The predicted molar refractivity (Wildman–Crippen MR) is 105 cm³/mol. The highest BCUT2D eigenvalue weighted by Crippen LogP contribution is 2.29. The van der Waals surface area contributed by atoms with Gasteiger partial charge in [0.1, 0.15) is 11.9 Å². The van der Waals surface area contributed by atoms with Gasteiger partial charge in [0.2, 0.25) is 5.91 Å². The number of pyridine rings is 1. The van der Waals surface area contributed by atoms with Gasteiger partial charge >= 0.3 is 11.9 Å². The Morgan fingerprint density at radius 1 is 1.33 bits per heavy atom. The number of aliphatic carboxylic acids is 1. The van der Waals surface area contributed by atoms with Gasteiger partial charge in [0.15, 0.2) is 0 Å². The van der Waals surface area contributed by atoms with Crippen molar-refractivity contribution in [1.29, 1.82) is 0 Å². The van der Waals surface area contributed by atoms with E-state index in [0.29, 0.717) is 29.8 Å². The number of carbonyl (C=O) groups is 3. The molecule has 3 atom stereocenters. The molecule has 0 radical (unpaired) electrons. The number of aliphatic hydroxyl groups is 1. The zero-order chi connectivity index (χ0) is 21.8. The molecule has 10 nitrogen and oxygen atoms in total.